The van der Waals surface area contributed by atoms with E-state index in [0.29, 0.717) is 5.69 Å². The molecule has 4 nitrogen and oxygen atoms in total. The second-order valence-corrected chi connectivity index (χ2v) is 5.48. The van der Waals surface area contributed by atoms with E-state index in [-0.39, 0.29) is 5.57 Å². The third kappa shape index (κ3) is 4.45. The molecule has 0 unspecified atom stereocenters. The molecule has 2 rings (SSSR count). The van der Waals surface area contributed by atoms with Gasteiger partial charge in [0.2, 0.25) is 0 Å². The number of carbonyl (C=O) groups excluding carboxylic acids is 1. The van der Waals surface area contributed by atoms with E-state index in [1.807, 2.05) is 80.5 Å². The quantitative estimate of drug-likeness (QED) is 0.693. The standard InChI is InChI=1S/C19H19N3O/c1-14-4-8-17(9-5-14)21-19(23)16(13-20)12-15-6-10-18(11-7-15)22(2)3/h4-12H,1-3H3,(H,21,23). The Bertz CT molecular complexity index is 751. The number of nitrogens with zero attached hydrogens (tertiary/aromatic N) is 2. The molecule has 0 bridgehead atoms. The molecular weight excluding hydrogens is 286 g/mol. The lowest BCUT2D eigenvalue weighted by Crippen LogP contribution is -2.13. The molecule has 116 valence electrons. The first-order chi connectivity index (χ1) is 11.0. The monoisotopic (exact) mass is 305 g/mol. The molecule has 0 saturated heterocycles. The van der Waals surface area contributed by atoms with Crippen LogP contribution in [0.5, 0.6) is 0 Å². The second kappa shape index (κ2) is 7.28. The van der Waals surface area contributed by atoms with Gasteiger partial charge in [-0.05, 0) is 42.8 Å². The van der Waals surface area contributed by atoms with Gasteiger partial charge in [0.15, 0.2) is 0 Å². The number of amides is 1. The maximum absolute atomic E-state index is 12.2. The first kappa shape index (κ1) is 16.3. The van der Waals surface area contributed by atoms with Crippen LogP contribution in [0.2, 0.25) is 0 Å². The van der Waals surface area contributed by atoms with Gasteiger partial charge in [-0.25, -0.2) is 0 Å². The molecule has 0 atom stereocenters. The largest absolute Gasteiger partial charge is 0.378 e. The van der Waals surface area contributed by atoms with Crippen molar-refractivity contribution in [2.45, 2.75) is 6.92 Å². The minimum absolute atomic E-state index is 0.0724. The highest BCUT2D eigenvalue weighted by Gasteiger charge is 2.09. The molecule has 0 radical (unpaired) electrons. The number of carbonyl (C=O) groups is 1. The topological polar surface area (TPSA) is 56.1 Å². The number of rotatable bonds is 4. The molecule has 0 aromatic heterocycles. The highest BCUT2D eigenvalue weighted by Crippen LogP contribution is 2.16. The smallest absolute Gasteiger partial charge is 0.266 e. The molecule has 0 heterocycles. The third-order valence-corrected chi connectivity index (χ3v) is 3.40. The Hall–Kier alpha value is -3.06. The van der Waals surface area contributed by atoms with E-state index in [4.69, 9.17) is 0 Å². The zero-order chi connectivity index (χ0) is 16.8. The Morgan fingerprint density at radius 1 is 1.09 bits per heavy atom. The molecule has 0 aliphatic rings. The van der Waals surface area contributed by atoms with Gasteiger partial charge < -0.3 is 10.2 Å². The molecule has 2 aromatic carbocycles. The molecule has 4 heteroatoms. The summed E-state index contributed by atoms with van der Waals surface area (Å²) in [5, 5.41) is 12.0. The second-order valence-electron chi connectivity index (χ2n) is 5.48. The SMILES string of the molecule is Cc1ccc(NC(=O)C(C#N)=Cc2ccc(N(C)C)cc2)cc1. The van der Waals surface area contributed by atoms with Crippen LogP contribution in [0.3, 0.4) is 0 Å². The van der Waals surface area contributed by atoms with Crippen molar-refractivity contribution in [1.29, 1.82) is 5.26 Å². The molecule has 0 aliphatic heterocycles. The Labute approximate surface area is 136 Å². The molecule has 1 amide bonds. The fourth-order valence-corrected chi connectivity index (χ4v) is 2.02. The summed E-state index contributed by atoms with van der Waals surface area (Å²) >= 11 is 0. The van der Waals surface area contributed by atoms with Crippen molar-refractivity contribution in [3.8, 4) is 6.07 Å². The maximum Gasteiger partial charge on any atom is 0.266 e. The van der Waals surface area contributed by atoms with Crippen molar-refractivity contribution in [3.05, 3.63) is 65.2 Å². The molecule has 0 aliphatic carbocycles. The van der Waals surface area contributed by atoms with Crippen molar-refractivity contribution in [2.75, 3.05) is 24.3 Å². The summed E-state index contributed by atoms with van der Waals surface area (Å²) in [7, 11) is 3.92. The van der Waals surface area contributed by atoms with Crippen molar-refractivity contribution >= 4 is 23.4 Å². The van der Waals surface area contributed by atoms with Gasteiger partial charge in [-0.15, -0.1) is 0 Å². The summed E-state index contributed by atoms with van der Waals surface area (Å²) < 4.78 is 0. The van der Waals surface area contributed by atoms with Gasteiger partial charge >= 0.3 is 0 Å². The molecule has 1 N–H and O–H groups in total. The first-order valence-electron chi connectivity index (χ1n) is 7.27. The maximum atomic E-state index is 12.2. The molecular formula is C19H19N3O. The summed E-state index contributed by atoms with van der Waals surface area (Å²) in [5.41, 5.74) is 3.73. The number of nitriles is 1. The molecule has 0 fully saturated rings. The lowest BCUT2D eigenvalue weighted by molar-refractivity contribution is -0.112. The predicted molar refractivity (Wildman–Crippen MR) is 94.2 cm³/mol. The lowest BCUT2D eigenvalue weighted by atomic mass is 10.1. The van der Waals surface area contributed by atoms with Crippen LogP contribution in [0, 0.1) is 18.3 Å². The molecule has 2 aromatic rings. The van der Waals surface area contributed by atoms with Crippen LogP contribution in [-0.4, -0.2) is 20.0 Å². The van der Waals surface area contributed by atoms with Gasteiger partial charge in [-0.1, -0.05) is 29.8 Å². The number of benzene rings is 2. The number of hydrogen-bond donors (Lipinski definition) is 1. The van der Waals surface area contributed by atoms with Gasteiger partial charge in [-0.2, -0.15) is 5.26 Å². The molecule has 0 saturated carbocycles. The van der Waals surface area contributed by atoms with E-state index in [1.165, 1.54) is 0 Å². The average Bonchev–Trinajstić information content (AvgIpc) is 2.55. The summed E-state index contributed by atoms with van der Waals surface area (Å²) in [6.45, 7) is 1.98. The lowest BCUT2D eigenvalue weighted by Gasteiger charge is -2.12. The predicted octanol–water partition coefficient (Wildman–Crippen LogP) is 3.61. The Kier molecular flexibility index (Phi) is 5.16. The zero-order valence-corrected chi connectivity index (χ0v) is 13.5. The van der Waals surface area contributed by atoms with Gasteiger partial charge in [0.05, 0.1) is 0 Å². The Morgan fingerprint density at radius 2 is 1.70 bits per heavy atom. The Balaban J connectivity index is 2.16. The number of hydrogen-bond acceptors (Lipinski definition) is 3. The van der Waals surface area contributed by atoms with Crippen molar-refractivity contribution in [1.82, 2.24) is 0 Å². The van der Waals surface area contributed by atoms with Gasteiger partial charge in [-0.3, -0.25) is 4.79 Å². The van der Waals surface area contributed by atoms with Gasteiger partial charge in [0.1, 0.15) is 11.6 Å². The van der Waals surface area contributed by atoms with Gasteiger partial charge in [0, 0.05) is 25.5 Å². The normalized spacial score (nSPS) is 10.8. The van der Waals surface area contributed by atoms with E-state index in [0.717, 1.165) is 16.8 Å². The van der Waals surface area contributed by atoms with E-state index in [9.17, 15) is 10.1 Å². The van der Waals surface area contributed by atoms with Crippen LogP contribution < -0.4 is 10.2 Å². The first-order valence-corrected chi connectivity index (χ1v) is 7.27. The minimum Gasteiger partial charge on any atom is -0.378 e. The highest BCUT2D eigenvalue weighted by molar-refractivity contribution is 6.09. The van der Waals surface area contributed by atoms with Crippen LogP contribution >= 0.6 is 0 Å². The van der Waals surface area contributed by atoms with Crippen LogP contribution in [0.4, 0.5) is 11.4 Å². The summed E-state index contributed by atoms with van der Waals surface area (Å²) in [4.78, 5) is 14.2. The Morgan fingerprint density at radius 3 is 2.22 bits per heavy atom. The fraction of sp³-hybridized carbons (Fsp3) is 0.158. The number of nitrogens with one attached hydrogen (secondary N) is 1. The zero-order valence-electron chi connectivity index (χ0n) is 13.5. The third-order valence-electron chi connectivity index (χ3n) is 3.40. The van der Waals surface area contributed by atoms with Crippen LogP contribution in [0.15, 0.2) is 54.1 Å². The van der Waals surface area contributed by atoms with Crippen LogP contribution in [0.1, 0.15) is 11.1 Å². The summed E-state index contributed by atoms with van der Waals surface area (Å²) in [6.07, 6.45) is 1.59. The van der Waals surface area contributed by atoms with E-state index >= 15 is 0 Å². The molecule has 0 spiro atoms. The minimum atomic E-state index is -0.409. The van der Waals surface area contributed by atoms with Crippen molar-refractivity contribution in [2.24, 2.45) is 0 Å². The van der Waals surface area contributed by atoms with E-state index in [2.05, 4.69) is 5.32 Å². The van der Waals surface area contributed by atoms with Crippen molar-refractivity contribution < 1.29 is 4.79 Å². The summed E-state index contributed by atoms with van der Waals surface area (Å²) in [6, 6.07) is 17.0. The fourth-order valence-electron chi connectivity index (χ4n) is 2.02. The van der Waals surface area contributed by atoms with E-state index < -0.39 is 5.91 Å². The van der Waals surface area contributed by atoms with Crippen molar-refractivity contribution in [3.63, 3.8) is 0 Å². The van der Waals surface area contributed by atoms with Gasteiger partial charge in [0.25, 0.3) is 5.91 Å². The highest BCUT2D eigenvalue weighted by atomic mass is 16.1. The van der Waals surface area contributed by atoms with Crippen LogP contribution in [0.25, 0.3) is 6.08 Å². The average molecular weight is 305 g/mol. The van der Waals surface area contributed by atoms with E-state index in [1.54, 1.807) is 6.08 Å². The molecule has 23 heavy (non-hydrogen) atoms. The van der Waals surface area contributed by atoms with Crippen LogP contribution in [-0.2, 0) is 4.79 Å². The summed E-state index contributed by atoms with van der Waals surface area (Å²) in [5.74, 6) is -0.409. The number of anilines is 2. The number of aryl methyl sites for hydroxylation is 1.